The van der Waals surface area contributed by atoms with Gasteiger partial charge in [-0.15, -0.1) is 10.2 Å². The van der Waals surface area contributed by atoms with Gasteiger partial charge < -0.3 is 9.15 Å². The molecule has 1 aliphatic heterocycles. The molecule has 0 N–H and O–H groups in total. The van der Waals surface area contributed by atoms with Crippen molar-refractivity contribution in [1.82, 2.24) is 15.1 Å². The molecule has 1 aromatic heterocycles. The van der Waals surface area contributed by atoms with Gasteiger partial charge in [-0.05, 0) is 43.5 Å². The summed E-state index contributed by atoms with van der Waals surface area (Å²) in [5.41, 5.74) is 0.763. The van der Waals surface area contributed by atoms with Gasteiger partial charge in [-0.25, -0.2) is 0 Å². The third-order valence-corrected chi connectivity index (χ3v) is 5.23. The number of benzene rings is 1. The van der Waals surface area contributed by atoms with Gasteiger partial charge in [-0.1, -0.05) is 25.5 Å². The van der Waals surface area contributed by atoms with Crippen molar-refractivity contribution < 1.29 is 18.7 Å². The first-order valence-electron chi connectivity index (χ1n) is 9.73. The zero-order chi connectivity index (χ0) is 19.5. The van der Waals surface area contributed by atoms with Gasteiger partial charge in [-0.2, -0.15) is 0 Å². The van der Waals surface area contributed by atoms with Gasteiger partial charge in [0.25, 0.3) is 0 Å². The van der Waals surface area contributed by atoms with Crippen LogP contribution in [0.15, 0.2) is 40.8 Å². The lowest BCUT2D eigenvalue weighted by Crippen LogP contribution is -2.30. The molecule has 1 fully saturated rings. The van der Waals surface area contributed by atoms with Crippen molar-refractivity contribution in [3.8, 4) is 17.2 Å². The molecule has 7 heteroatoms. The van der Waals surface area contributed by atoms with E-state index in [1.165, 1.54) is 4.90 Å². The van der Waals surface area contributed by atoms with Crippen LogP contribution in [0.4, 0.5) is 0 Å². The van der Waals surface area contributed by atoms with E-state index < -0.39 is 0 Å². The van der Waals surface area contributed by atoms with Crippen molar-refractivity contribution in [2.75, 3.05) is 6.61 Å². The number of imide groups is 1. The van der Waals surface area contributed by atoms with Gasteiger partial charge in [0.15, 0.2) is 0 Å². The molecule has 0 spiro atoms. The highest BCUT2D eigenvalue weighted by Gasteiger charge is 2.47. The number of amides is 2. The number of hydrogen-bond acceptors (Lipinski definition) is 6. The number of carbonyl (C=O) groups excluding carboxylic acids is 2. The second-order valence-corrected chi connectivity index (χ2v) is 7.15. The number of carbonyl (C=O) groups is 2. The van der Waals surface area contributed by atoms with Crippen LogP contribution < -0.4 is 4.74 Å². The molecule has 2 atom stereocenters. The van der Waals surface area contributed by atoms with Crippen molar-refractivity contribution >= 4 is 11.8 Å². The smallest absolute Gasteiger partial charge is 0.247 e. The van der Waals surface area contributed by atoms with E-state index in [0.29, 0.717) is 25.3 Å². The lowest BCUT2D eigenvalue weighted by atomic mass is 9.85. The number of aromatic nitrogens is 2. The largest absolute Gasteiger partial charge is 0.494 e. The molecule has 0 saturated carbocycles. The van der Waals surface area contributed by atoms with Crippen LogP contribution in [0.25, 0.3) is 11.5 Å². The van der Waals surface area contributed by atoms with E-state index in [9.17, 15) is 9.59 Å². The molecule has 7 nitrogen and oxygen atoms in total. The van der Waals surface area contributed by atoms with Crippen LogP contribution in [0.3, 0.4) is 0 Å². The Kier molecular flexibility index (Phi) is 5.23. The van der Waals surface area contributed by atoms with E-state index in [1.807, 2.05) is 36.4 Å². The van der Waals surface area contributed by atoms with E-state index in [1.54, 1.807) is 0 Å². The van der Waals surface area contributed by atoms with Crippen molar-refractivity contribution in [3.05, 3.63) is 42.3 Å². The number of ether oxygens (including phenoxy) is 1. The van der Waals surface area contributed by atoms with Crippen LogP contribution in [0.2, 0.25) is 0 Å². The maximum Gasteiger partial charge on any atom is 0.247 e. The predicted molar refractivity (Wildman–Crippen MR) is 101 cm³/mol. The Hall–Kier alpha value is -2.96. The van der Waals surface area contributed by atoms with Gasteiger partial charge in [0, 0.05) is 5.56 Å². The first-order chi connectivity index (χ1) is 13.7. The van der Waals surface area contributed by atoms with E-state index in [0.717, 1.165) is 24.2 Å². The number of allylic oxidation sites excluding steroid dienone is 2. The maximum atomic E-state index is 12.5. The van der Waals surface area contributed by atoms with Crippen LogP contribution in [0, 0.1) is 11.8 Å². The highest BCUT2D eigenvalue weighted by molar-refractivity contribution is 6.05. The zero-order valence-electron chi connectivity index (χ0n) is 15.8. The molecule has 2 heterocycles. The van der Waals surface area contributed by atoms with Crippen LogP contribution in [0.1, 0.15) is 38.5 Å². The average Bonchev–Trinajstić information content (AvgIpc) is 3.28. The van der Waals surface area contributed by atoms with Crippen LogP contribution in [-0.4, -0.2) is 33.5 Å². The van der Waals surface area contributed by atoms with Crippen molar-refractivity contribution in [1.29, 1.82) is 0 Å². The summed E-state index contributed by atoms with van der Waals surface area (Å²) in [4.78, 5) is 26.3. The summed E-state index contributed by atoms with van der Waals surface area (Å²) in [7, 11) is 0. The fraction of sp³-hybridized carbons (Fsp3) is 0.429. The van der Waals surface area contributed by atoms with Gasteiger partial charge >= 0.3 is 0 Å². The molecule has 2 amide bonds. The summed E-state index contributed by atoms with van der Waals surface area (Å²) in [6.45, 7) is 2.83. The third kappa shape index (κ3) is 3.56. The fourth-order valence-corrected chi connectivity index (χ4v) is 3.62. The van der Waals surface area contributed by atoms with Crippen LogP contribution >= 0.6 is 0 Å². The average molecular weight is 381 g/mol. The summed E-state index contributed by atoms with van der Waals surface area (Å²) < 4.78 is 11.3. The number of nitrogens with zero attached hydrogens (tertiary/aromatic N) is 3. The van der Waals surface area contributed by atoms with Crippen molar-refractivity contribution in [2.45, 2.75) is 39.2 Å². The Labute approximate surface area is 163 Å². The molecule has 1 aliphatic carbocycles. The molecule has 4 rings (SSSR count). The van der Waals surface area contributed by atoms with Crippen LogP contribution in [-0.2, 0) is 16.1 Å². The first kappa shape index (κ1) is 18.4. The molecule has 1 saturated heterocycles. The van der Waals surface area contributed by atoms with Crippen molar-refractivity contribution in [3.63, 3.8) is 0 Å². The second-order valence-electron chi connectivity index (χ2n) is 7.15. The zero-order valence-corrected chi connectivity index (χ0v) is 15.8. The standard InChI is InChI=1S/C21H23N3O4/c1-2-3-12-27-15-10-8-14(9-11-15)19-23-22-18(28-19)13-24-20(25)16-6-4-5-7-17(16)21(24)26/h4-5,8-11,16-17H,2-3,6-7,12-13H2,1H3. The summed E-state index contributed by atoms with van der Waals surface area (Å²) in [6, 6.07) is 7.43. The number of hydrogen-bond donors (Lipinski definition) is 0. The minimum Gasteiger partial charge on any atom is -0.494 e. The Morgan fingerprint density at radius 3 is 2.39 bits per heavy atom. The van der Waals surface area contributed by atoms with Gasteiger partial charge in [0.2, 0.25) is 23.6 Å². The number of rotatable bonds is 7. The van der Waals surface area contributed by atoms with Gasteiger partial charge in [0.05, 0.1) is 18.4 Å². The minimum atomic E-state index is -0.250. The van der Waals surface area contributed by atoms with E-state index in [-0.39, 0.29) is 36.1 Å². The normalized spacial score (nSPS) is 21.2. The molecule has 0 bridgehead atoms. The minimum absolute atomic E-state index is 0.0237. The Bertz CT molecular complexity index is 861. The number of unbranched alkanes of at least 4 members (excludes halogenated alkanes) is 1. The van der Waals surface area contributed by atoms with E-state index in [2.05, 4.69) is 17.1 Å². The highest BCUT2D eigenvalue weighted by atomic mass is 16.5. The number of fused-ring (bicyclic) bond motifs is 1. The maximum absolute atomic E-state index is 12.5. The van der Waals surface area contributed by atoms with Crippen molar-refractivity contribution in [2.24, 2.45) is 11.8 Å². The Balaban J connectivity index is 1.42. The second kappa shape index (κ2) is 7.96. The van der Waals surface area contributed by atoms with Gasteiger partial charge in [0.1, 0.15) is 12.3 Å². The summed E-state index contributed by atoms with van der Waals surface area (Å²) >= 11 is 0. The monoisotopic (exact) mass is 381 g/mol. The molecule has 2 aliphatic rings. The molecule has 1 aromatic carbocycles. The molecule has 146 valence electrons. The highest BCUT2D eigenvalue weighted by Crippen LogP contribution is 2.35. The quantitative estimate of drug-likeness (QED) is 0.415. The molecule has 0 radical (unpaired) electrons. The van der Waals surface area contributed by atoms with Gasteiger partial charge in [-0.3, -0.25) is 14.5 Å². The lowest BCUT2D eigenvalue weighted by molar-refractivity contribution is -0.141. The topological polar surface area (TPSA) is 85.5 Å². The van der Waals surface area contributed by atoms with E-state index in [4.69, 9.17) is 9.15 Å². The fourth-order valence-electron chi connectivity index (χ4n) is 3.62. The Morgan fingerprint density at radius 2 is 1.75 bits per heavy atom. The molecule has 28 heavy (non-hydrogen) atoms. The predicted octanol–water partition coefficient (Wildman–Crippen LogP) is 3.37. The summed E-state index contributed by atoms with van der Waals surface area (Å²) in [6.07, 6.45) is 7.27. The molecular formula is C21H23N3O4. The third-order valence-electron chi connectivity index (χ3n) is 5.23. The summed E-state index contributed by atoms with van der Waals surface area (Å²) in [5, 5.41) is 8.07. The first-order valence-corrected chi connectivity index (χ1v) is 9.73. The van der Waals surface area contributed by atoms with Crippen LogP contribution in [0.5, 0.6) is 5.75 Å². The van der Waals surface area contributed by atoms with E-state index >= 15 is 0 Å². The number of likely N-dealkylation sites (tertiary alicyclic amines) is 1. The molecule has 2 aromatic rings. The molecular weight excluding hydrogens is 358 g/mol. The lowest BCUT2D eigenvalue weighted by Gasteiger charge is -2.14. The molecule has 2 unspecified atom stereocenters. The summed E-state index contributed by atoms with van der Waals surface area (Å²) in [5.74, 6) is 0.613. The SMILES string of the molecule is CCCCOc1ccc(-c2nnc(CN3C(=O)C4CC=CCC4C3=O)o2)cc1. The Morgan fingerprint density at radius 1 is 1.07 bits per heavy atom.